The molecule has 0 atom stereocenters. The van der Waals surface area contributed by atoms with Crippen LogP contribution < -0.4 is 0 Å². The highest BCUT2D eigenvalue weighted by atomic mass is 16.3. The van der Waals surface area contributed by atoms with E-state index in [1.807, 2.05) is 121 Å². The average molecular weight is 945 g/mol. The predicted octanol–water partition coefficient (Wildman–Crippen LogP) is 16.7. The van der Waals surface area contributed by atoms with Crippen molar-refractivity contribution in [2.24, 2.45) is 0 Å². The lowest BCUT2D eigenvalue weighted by atomic mass is 9.62. The lowest BCUT2D eigenvalue weighted by Gasteiger charge is -2.41. The van der Waals surface area contributed by atoms with Crippen LogP contribution in [0.25, 0.3) is 0 Å². The van der Waals surface area contributed by atoms with Gasteiger partial charge in [0, 0.05) is 10.8 Å². The number of aromatic hydroxyl groups is 4. The minimum Gasteiger partial charge on any atom is -0.508 e. The van der Waals surface area contributed by atoms with E-state index in [9.17, 15) is 30.6 Å². The van der Waals surface area contributed by atoms with Crippen molar-refractivity contribution in [3.63, 3.8) is 0 Å². The highest BCUT2D eigenvalue weighted by Crippen LogP contribution is 2.51. The Morgan fingerprint density at radius 2 is 0.657 bits per heavy atom. The molecular formula is C64H80O6. The lowest BCUT2D eigenvalue weighted by Crippen LogP contribution is -2.33. The number of phenols is 4. The van der Waals surface area contributed by atoms with Gasteiger partial charge in [-0.15, -0.1) is 0 Å². The smallest absolute Gasteiger partial charge is 0.118 e. The van der Waals surface area contributed by atoms with Gasteiger partial charge in [-0.2, -0.15) is 0 Å². The number of rotatable bonds is 15. The topological polar surface area (TPSA) is 121 Å². The molecule has 0 heterocycles. The van der Waals surface area contributed by atoms with Gasteiger partial charge in [0.05, 0.1) is 0 Å². The third-order valence-electron chi connectivity index (χ3n) is 14.4. The van der Waals surface area contributed by atoms with E-state index in [4.69, 9.17) is 0 Å². The zero-order valence-corrected chi connectivity index (χ0v) is 45.2. The van der Waals surface area contributed by atoms with Crippen LogP contribution in [-0.2, 0) is 16.2 Å². The Hall–Kier alpha value is -6.66. The van der Waals surface area contributed by atoms with E-state index in [0.29, 0.717) is 24.0 Å². The Morgan fingerprint density at radius 3 is 0.900 bits per heavy atom. The first-order valence-corrected chi connectivity index (χ1v) is 24.4. The SMILES string of the molecule is C=C(C)/C=C(O)\C(C)=C/CC(C)(C/C=C(C)\C(O)=C/C(=C)C)c1cc(C(C)(c2cc(C)c(O)cc2C)c2cc(C)c(O)cc2C)cc(C(C)(c2cc(C)c(O)cc2C)c2cc(C)c(O)cc2C)c1.CC. The Morgan fingerprint density at radius 1 is 0.414 bits per heavy atom. The van der Waals surface area contributed by atoms with Gasteiger partial charge in [0.15, 0.2) is 0 Å². The van der Waals surface area contributed by atoms with Crippen LogP contribution in [0.5, 0.6) is 23.0 Å². The second-order valence-electron chi connectivity index (χ2n) is 20.4. The number of hydrogen-bond donors (Lipinski definition) is 6. The predicted molar refractivity (Wildman–Crippen MR) is 294 cm³/mol. The zero-order valence-electron chi connectivity index (χ0n) is 45.2. The van der Waals surface area contributed by atoms with Crippen molar-refractivity contribution in [3.8, 4) is 23.0 Å². The summed E-state index contributed by atoms with van der Waals surface area (Å²) in [5.41, 5.74) is 13.7. The van der Waals surface area contributed by atoms with Gasteiger partial charge in [-0.3, -0.25) is 0 Å². The third kappa shape index (κ3) is 11.5. The number of phenolic OH excluding ortho intramolecular Hbond substituents is 4. The van der Waals surface area contributed by atoms with Gasteiger partial charge in [0.1, 0.15) is 34.5 Å². The van der Waals surface area contributed by atoms with E-state index in [-0.39, 0.29) is 34.5 Å². The molecule has 0 aliphatic heterocycles. The molecule has 0 bridgehead atoms. The summed E-state index contributed by atoms with van der Waals surface area (Å²) in [6, 6.07) is 22.5. The molecule has 70 heavy (non-hydrogen) atoms. The molecule has 0 saturated heterocycles. The first kappa shape index (κ1) is 55.9. The molecular weight excluding hydrogens is 865 g/mol. The number of aryl methyl sites for hydroxylation is 8. The molecule has 0 aliphatic rings. The number of hydrogen-bond acceptors (Lipinski definition) is 6. The number of benzene rings is 5. The Labute approximate surface area is 420 Å². The summed E-state index contributed by atoms with van der Waals surface area (Å²) in [6.07, 6.45) is 8.43. The summed E-state index contributed by atoms with van der Waals surface area (Å²) in [7, 11) is 0. The fourth-order valence-electron chi connectivity index (χ4n) is 9.80. The fraction of sp³-hybridized carbons (Fsp3) is 0.344. The summed E-state index contributed by atoms with van der Waals surface area (Å²) in [5, 5.41) is 66.8. The van der Waals surface area contributed by atoms with Crippen LogP contribution in [0.4, 0.5) is 0 Å². The van der Waals surface area contributed by atoms with Crippen LogP contribution in [0.15, 0.2) is 138 Å². The minimum atomic E-state index is -0.889. The molecule has 5 aromatic carbocycles. The standard InChI is InChI=1S/C62H74O6.C2H6/c1-35(2)22-54(63)37(5)18-20-60(15,21-19-38(6)55(64)23-36(3)4)47-32-48(61(16,50-24-43(11)56(65)28-39(50)7)51-25-44(12)57(66)29-40(51)8)34-49(33-47)62(17,52-26-45(13)58(67)30-41(52)9)53-27-46(14)59(68)31-42(53)10;1-2/h18-19,22-34,63-68H,1,3,20-21H2,2,4-17H3;1-2H3/b37-18-,38-19-,54-22+,55-23+;. The van der Waals surface area contributed by atoms with Crippen molar-refractivity contribution in [3.05, 3.63) is 221 Å². The molecule has 0 amide bonds. The van der Waals surface area contributed by atoms with E-state index in [2.05, 4.69) is 88.5 Å². The maximum atomic E-state index is 11.2. The Balaban J connectivity index is 0.00000526. The highest BCUT2D eigenvalue weighted by Gasteiger charge is 2.41. The van der Waals surface area contributed by atoms with Crippen molar-refractivity contribution in [2.45, 2.75) is 147 Å². The molecule has 0 spiro atoms. The summed E-state index contributed by atoms with van der Waals surface area (Å²) >= 11 is 0. The first-order valence-electron chi connectivity index (χ1n) is 24.4. The van der Waals surface area contributed by atoms with E-state index in [0.717, 1.165) is 94.6 Å². The number of allylic oxidation sites excluding steroid dienone is 8. The first-order chi connectivity index (χ1) is 32.5. The van der Waals surface area contributed by atoms with Gasteiger partial charge < -0.3 is 30.6 Å². The molecule has 0 radical (unpaired) electrons. The van der Waals surface area contributed by atoms with Crippen molar-refractivity contribution >= 4 is 0 Å². The largest absolute Gasteiger partial charge is 0.508 e. The lowest BCUT2D eigenvalue weighted by molar-refractivity contribution is 0.418. The third-order valence-corrected chi connectivity index (χ3v) is 14.4. The molecule has 6 heteroatoms. The van der Waals surface area contributed by atoms with Crippen LogP contribution in [0.3, 0.4) is 0 Å². The van der Waals surface area contributed by atoms with Gasteiger partial charge in [-0.1, -0.05) is 99.7 Å². The Kier molecular flexibility index (Phi) is 17.6. The van der Waals surface area contributed by atoms with Crippen molar-refractivity contribution in [2.75, 3.05) is 0 Å². The van der Waals surface area contributed by atoms with E-state index >= 15 is 0 Å². The number of aliphatic hydroxyl groups is 2. The molecule has 0 aromatic heterocycles. The van der Waals surface area contributed by atoms with E-state index in [1.165, 1.54) is 0 Å². The average Bonchev–Trinajstić information content (AvgIpc) is 3.29. The van der Waals surface area contributed by atoms with Crippen LogP contribution in [0, 0.1) is 55.4 Å². The molecule has 6 nitrogen and oxygen atoms in total. The van der Waals surface area contributed by atoms with Crippen LogP contribution >= 0.6 is 0 Å². The number of aliphatic hydroxyl groups excluding tert-OH is 2. The minimum absolute atomic E-state index is 0.135. The maximum absolute atomic E-state index is 11.2. The van der Waals surface area contributed by atoms with Gasteiger partial charge in [-0.05, 0) is 246 Å². The highest BCUT2D eigenvalue weighted by molar-refractivity contribution is 5.64. The van der Waals surface area contributed by atoms with E-state index in [1.54, 1.807) is 12.2 Å². The van der Waals surface area contributed by atoms with Gasteiger partial charge in [0.25, 0.3) is 0 Å². The molecule has 5 rings (SSSR count). The van der Waals surface area contributed by atoms with Crippen LogP contribution in [-0.4, -0.2) is 30.6 Å². The van der Waals surface area contributed by atoms with Crippen LogP contribution in [0.2, 0.25) is 0 Å². The van der Waals surface area contributed by atoms with Crippen molar-refractivity contribution in [1.29, 1.82) is 0 Å². The van der Waals surface area contributed by atoms with Gasteiger partial charge >= 0.3 is 0 Å². The monoisotopic (exact) mass is 945 g/mol. The zero-order chi connectivity index (χ0) is 53.0. The molecule has 6 N–H and O–H groups in total. The molecule has 5 aromatic rings. The fourth-order valence-corrected chi connectivity index (χ4v) is 9.80. The van der Waals surface area contributed by atoms with Crippen molar-refractivity contribution < 1.29 is 30.6 Å². The summed E-state index contributed by atoms with van der Waals surface area (Å²) in [4.78, 5) is 0. The summed E-state index contributed by atoms with van der Waals surface area (Å²) in [5.74, 6) is 1.09. The normalized spacial score (nSPS) is 13.7. The molecule has 372 valence electrons. The van der Waals surface area contributed by atoms with Gasteiger partial charge in [-0.25, -0.2) is 0 Å². The maximum Gasteiger partial charge on any atom is 0.118 e. The second-order valence-corrected chi connectivity index (χ2v) is 20.4. The molecule has 0 unspecified atom stereocenters. The Bertz CT molecular complexity index is 2640. The summed E-state index contributed by atoms with van der Waals surface area (Å²) in [6.45, 7) is 41.9. The quantitative estimate of drug-likeness (QED) is 0.0353. The molecule has 0 aliphatic carbocycles. The van der Waals surface area contributed by atoms with E-state index < -0.39 is 16.2 Å². The molecule has 0 fully saturated rings. The van der Waals surface area contributed by atoms with Gasteiger partial charge in [0.2, 0.25) is 0 Å². The summed E-state index contributed by atoms with van der Waals surface area (Å²) < 4.78 is 0. The molecule has 0 saturated carbocycles. The second kappa shape index (κ2) is 22.0. The van der Waals surface area contributed by atoms with Crippen LogP contribution in [0.1, 0.15) is 159 Å². The van der Waals surface area contributed by atoms with Crippen molar-refractivity contribution in [1.82, 2.24) is 0 Å².